The van der Waals surface area contributed by atoms with E-state index in [0.29, 0.717) is 18.0 Å². The van der Waals surface area contributed by atoms with Crippen LogP contribution in [0.5, 0.6) is 0 Å². The van der Waals surface area contributed by atoms with Gasteiger partial charge in [-0.2, -0.15) is 0 Å². The summed E-state index contributed by atoms with van der Waals surface area (Å²) < 4.78 is 4.71. The highest BCUT2D eigenvalue weighted by atomic mass is 16.5. The van der Waals surface area contributed by atoms with Gasteiger partial charge in [-0.15, -0.1) is 0 Å². The molecule has 4 nitrogen and oxygen atoms in total. The topological polar surface area (TPSA) is 55.6 Å². The highest BCUT2D eigenvalue weighted by Crippen LogP contribution is 2.38. The Kier molecular flexibility index (Phi) is 2.98. The monoisotopic (exact) mass is 212 g/mol. The lowest BCUT2D eigenvalue weighted by molar-refractivity contribution is -0.144. The summed E-state index contributed by atoms with van der Waals surface area (Å²) in [6, 6.07) is 0.834. The first-order valence-corrected chi connectivity index (χ1v) is 5.68. The number of hydrogen-bond acceptors (Lipinski definition) is 4. The zero-order valence-electron chi connectivity index (χ0n) is 9.48. The van der Waals surface area contributed by atoms with Crippen molar-refractivity contribution in [2.24, 2.45) is 11.7 Å². The van der Waals surface area contributed by atoms with E-state index in [9.17, 15) is 4.79 Å². The Balaban J connectivity index is 1.99. The minimum Gasteiger partial charge on any atom is -0.468 e. The normalized spacial score (nSPS) is 37.7. The van der Waals surface area contributed by atoms with Crippen LogP contribution in [-0.4, -0.2) is 43.2 Å². The quantitative estimate of drug-likeness (QED) is 0.671. The summed E-state index contributed by atoms with van der Waals surface area (Å²) in [7, 11) is 3.59. The summed E-state index contributed by atoms with van der Waals surface area (Å²) in [6.45, 7) is 0. The smallest absolute Gasteiger partial charge is 0.322 e. The van der Waals surface area contributed by atoms with Gasteiger partial charge in [0.25, 0.3) is 0 Å². The highest BCUT2D eigenvalue weighted by Gasteiger charge is 2.41. The van der Waals surface area contributed by atoms with Gasteiger partial charge in [-0.3, -0.25) is 4.79 Å². The molecule has 4 heteroatoms. The van der Waals surface area contributed by atoms with E-state index >= 15 is 0 Å². The molecule has 2 rings (SSSR count). The molecule has 0 aromatic heterocycles. The van der Waals surface area contributed by atoms with Gasteiger partial charge in [0.1, 0.15) is 6.04 Å². The van der Waals surface area contributed by atoms with E-state index in [-0.39, 0.29) is 5.97 Å². The van der Waals surface area contributed by atoms with E-state index in [0.717, 1.165) is 12.8 Å². The number of piperidine rings is 1. The molecule has 2 N–H and O–H groups in total. The molecular formula is C11H20N2O2. The first kappa shape index (κ1) is 10.9. The standard InChI is InChI=1S/C11H20N2O2/c1-13-8-3-4-9(13)6-7(5-8)10(12)11(14)15-2/h7-10H,3-6,12H2,1-2H3/t7?,8?,9?,10-/m0/s1. The predicted molar refractivity (Wildman–Crippen MR) is 57.3 cm³/mol. The Hall–Kier alpha value is -0.610. The van der Waals surface area contributed by atoms with Gasteiger partial charge in [0.15, 0.2) is 0 Å². The molecule has 15 heavy (non-hydrogen) atoms. The Morgan fingerprint density at radius 1 is 1.40 bits per heavy atom. The number of fused-ring (bicyclic) bond motifs is 2. The molecule has 0 amide bonds. The third kappa shape index (κ3) is 1.88. The van der Waals surface area contributed by atoms with Gasteiger partial charge < -0.3 is 15.4 Å². The van der Waals surface area contributed by atoms with Gasteiger partial charge in [-0.05, 0) is 38.6 Å². The van der Waals surface area contributed by atoms with Gasteiger partial charge in [-0.1, -0.05) is 0 Å². The maximum atomic E-state index is 11.4. The molecule has 86 valence electrons. The number of carbonyl (C=O) groups is 1. The van der Waals surface area contributed by atoms with E-state index in [4.69, 9.17) is 10.5 Å². The average Bonchev–Trinajstić information content (AvgIpc) is 2.50. The van der Waals surface area contributed by atoms with Crippen LogP contribution in [0.25, 0.3) is 0 Å². The van der Waals surface area contributed by atoms with Crippen LogP contribution in [0.2, 0.25) is 0 Å². The molecule has 2 aliphatic heterocycles. The van der Waals surface area contributed by atoms with Crippen molar-refractivity contribution in [2.75, 3.05) is 14.2 Å². The number of methoxy groups -OCH3 is 1. The van der Waals surface area contributed by atoms with Crippen molar-refractivity contribution < 1.29 is 9.53 Å². The Bertz CT molecular complexity index is 243. The molecule has 2 saturated heterocycles. The van der Waals surface area contributed by atoms with Crippen LogP contribution in [0.15, 0.2) is 0 Å². The second kappa shape index (κ2) is 4.10. The number of carbonyl (C=O) groups excluding carboxylic acids is 1. The lowest BCUT2D eigenvalue weighted by Crippen LogP contribution is -2.48. The summed E-state index contributed by atoms with van der Waals surface area (Å²) in [5.41, 5.74) is 5.91. The van der Waals surface area contributed by atoms with Crippen LogP contribution in [0.3, 0.4) is 0 Å². The van der Waals surface area contributed by atoms with Crippen molar-refractivity contribution in [3.05, 3.63) is 0 Å². The molecule has 0 saturated carbocycles. The second-order valence-corrected chi connectivity index (χ2v) is 4.83. The lowest BCUT2D eigenvalue weighted by atomic mass is 9.85. The molecule has 2 heterocycles. The summed E-state index contributed by atoms with van der Waals surface area (Å²) in [6.07, 6.45) is 4.60. The summed E-state index contributed by atoms with van der Waals surface area (Å²) in [5, 5.41) is 0. The summed E-state index contributed by atoms with van der Waals surface area (Å²) >= 11 is 0. The van der Waals surface area contributed by atoms with Crippen molar-refractivity contribution in [1.82, 2.24) is 4.90 Å². The Morgan fingerprint density at radius 2 is 1.93 bits per heavy atom. The van der Waals surface area contributed by atoms with Crippen molar-refractivity contribution in [3.63, 3.8) is 0 Å². The zero-order chi connectivity index (χ0) is 11.0. The molecule has 0 aliphatic carbocycles. The molecule has 0 aromatic rings. The Labute approximate surface area is 90.8 Å². The van der Waals surface area contributed by atoms with E-state index in [1.54, 1.807) is 0 Å². The van der Waals surface area contributed by atoms with Crippen molar-refractivity contribution in [2.45, 2.75) is 43.8 Å². The minimum absolute atomic E-state index is 0.260. The van der Waals surface area contributed by atoms with E-state index < -0.39 is 6.04 Å². The number of hydrogen-bond donors (Lipinski definition) is 1. The lowest BCUT2D eigenvalue weighted by Gasteiger charge is -2.37. The first-order valence-electron chi connectivity index (χ1n) is 5.68. The molecule has 0 spiro atoms. The van der Waals surface area contributed by atoms with Crippen molar-refractivity contribution in [1.29, 1.82) is 0 Å². The van der Waals surface area contributed by atoms with Gasteiger partial charge >= 0.3 is 5.97 Å². The Morgan fingerprint density at radius 3 is 2.40 bits per heavy atom. The van der Waals surface area contributed by atoms with Crippen molar-refractivity contribution >= 4 is 5.97 Å². The van der Waals surface area contributed by atoms with Crippen LogP contribution in [0, 0.1) is 5.92 Å². The molecule has 2 fully saturated rings. The van der Waals surface area contributed by atoms with Gasteiger partial charge in [0.2, 0.25) is 0 Å². The molecular weight excluding hydrogens is 192 g/mol. The zero-order valence-corrected chi connectivity index (χ0v) is 9.48. The second-order valence-electron chi connectivity index (χ2n) is 4.83. The van der Waals surface area contributed by atoms with Crippen LogP contribution < -0.4 is 5.73 Å². The first-order chi connectivity index (χ1) is 7.13. The summed E-state index contributed by atoms with van der Waals surface area (Å²) in [5.74, 6) is 0.0510. The third-order valence-corrected chi connectivity index (χ3v) is 4.12. The largest absolute Gasteiger partial charge is 0.468 e. The molecule has 0 radical (unpaired) electrons. The molecule has 2 unspecified atom stereocenters. The summed E-state index contributed by atoms with van der Waals surface area (Å²) in [4.78, 5) is 13.8. The molecule has 2 aliphatic rings. The minimum atomic E-state index is -0.424. The molecule has 2 bridgehead atoms. The number of nitrogens with zero attached hydrogens (tertiary/aromatic N) is 1. The molecule has 3 atom stereocenters. The third-order valence-electron chi connectivity index (χ3n) is 4.12. The maximum Gasteiger partial charge on any atom is 0.322 e. The van der Waals surface area contributed by atoms with Crippen molar-refractivity contribution in [3.8, 4) is 0 Å². The number of rotatable bonds is 2. The van der Waals surface area contributed by atoms with Gasteiger partial charge in [-0.25, -0.2) is 0 Å². The van der Waals surface area contributed by atoms with Crippen LogP contribution in [0.1, 0.15) is 25.7 Å². The predicted octanol–water partition coefficient (Wildman–Crippen LogP) is 0.360. The fraction of sp³-hybridized carbons (Fsp3) is 0.909. The fourth-order valence-electron chi connectivity index (χ4n) is 3.08. The van der Waals surface area contributed by atoms with Gasteiger partial charge in [0.05, 0.1) is 7.11 Å². The number of esters is 1. The average molecular weight is 212 g/mol. The molecule has 0 aromatic carbocycles. The number of ether oxygens (including phenoxy) is 1. The van der Waals surface area contributed by atoms with E-state index in [1.165, 1.54) is 20.0 Å². The number of nitrogens with two attached hydrogens (primary N) is 1. The van der Waals surface area contributed by atoms with Crippen LogP contribution >= 0.6 is 0 Å². The fourth-order valence-corrected chi connectivity index (χ4v) is 3.08. The van der Waals surface area contributed by atoms with E-state index in [1.807, 2.05) is 0 Å². The van der Waals surface area contributed by atoms with Crippen LogP contribution in [0.4, 0.5) is 0 Å². The SMILES string of the molecule is COC(=O)[C@@H](N)C1CC2CCC(C1)N2C. The van der Waals surface area contributed by atoms with Crippen LogP contribution in [-0.2, 0) is 9.53 Å². The highest BCUT2D eigenvalue weighted by molar-refractivity contribution is 5.75. The van der Waals surface area contributed by atoms with Gasteiger partial charge in [0, 0.05) is 12.1 Å². The van der Waals surface area contributed by atoms with E-state index in [2.05, 4.69) is 11.9 Å². The maximum absolute atomic E-state index is 11.4.